The van der Waals surface area contributed by atoms with Crippen LogP contribution in [0.2, 0.25) is 0 Å². The second-order valence-electron chi connectivity index (χ2n) is 9.38. The first-order chi connectivity index (χ1) is 14.6. The van der Waals surface area contributed by atoms with Gasteiger partial charge in [0.05, 0.1) is 5.56 Å². The molecule has 3 rings (SSSR count). The van der Waals surface area contributed by atoms with Crippen molar-refractivity contribution in [3.05, 3.63) is 41.6 Å². The Kier molecular flexibility index (Phi) is 6.93. The number of primary amides is 1. The lowest BCUT2D eigenvalue weighted by atomic mass is 9.86. The van der Waals surface area contributed by atoms with Crippen molar-refractivity contribution in [3.8, 4) is 11.3 Å². The molecular formula is C24H34N4O3. The van der Waals surface area contributed by atoms with E-state index in [0.717, 1.165) is 54.9 Å². The van der Waals surface area contributed by atoms with E-state index in [-0.39, 0.29) is 12.1 Å². The maximum absolute atomic E-state index is 12.0. The lowest BCUT2D eigenvalue weighted by Gasteiger charge is -2.30. The summed E-state index contributed by atoms with van der Waals surface area (Å²) in [6, 6.07) is 10.0. The molecule has 1 aliphatic carbocycles. The Labute approximate surface area is 184 Å². The molecule has 2 amide bonds. The minimum absolute atomic E-state index is 0.174. The molecule has 0 aliphatic heterocycles. The van der Waals surface area contributed by atoms with Gasteiger partial charge in [-0.05, 0) is 71.4 Å². The highest BCUT2D eigenvalue weighted by molar-refractivity contribution is 5.96. The molecule has 5 N–H and O–H groups in total. The van der Waals surface area contributed by atoms with Crippen LogP contribution in [0.5, 0.6) is 0 Å². The molecule has 1 fully saturated rings. The number of ether oxygens (including phenoxy) is 1. The number of aromatic amines is 1. The number of carbonyl (C=O) groups excluding carboxylic acids is 2. The predicted molar refractivity (Wildman–Crippen MR) is 123 cm³/mol. The number of aromatic nitrogens is 1. The van der Waals surface area contributed by atoms with Crippen LogP contribution in [0, 0.1) is 12.8 Å². The van der Waals surface area contributed by atoms with Gasteiger partial charge in [-0.3, -0.25) is 4.79 Å². The van der Waals surface area contributed by atoms with E-state index >= 15 is 0 Å². The van der Waals surface area contributed by atoms with E-state index in [1.165, 1.54) is 0 Å². The van der Waals surface area contributed by atoms with Gasteiger partial charge in [0.15, 0.2) is 0 Å². The predicted octanol–water partition coefficient (Wildman–Crippen LogP) is 4.58. The number of anilines is 1. The first-order valence-corrected chi connectivity index (χ1v) is 10.9. The number of para-hydroxylation sites is 1. The Bertz CT molecular complexity index is 921. The topological polar surface area (TPSA) is 109 Å². The highest BCUT2D eigenvalue weighted by atomic mass is 16.6. The number of benzene rings is 1. The summed E-state index contributed by atoms with van der Waals surface area (Å²) in [5, 5.41) is 6.57. The summed E-state index contributed by atoms with van der Waals surface area (Å²) in [5.74, 6) is 0.110. The molecule has 1 aromatic carbocycles. The van der Waals surface area contributed by atoms with Crippen molar-refractivity contribution in [3.63, 3.8) is 0 Å². The highest BCUT2D eigenvalue weighted by Crippen LogP contribution is 2.30. The van der Waals surface area contributed by atoms with Crippen molar-refractivity contribution in [2.24, 2.45) is 11.7 Å². The summed E-state index contributed by atoms with van der Waals surface area (Å²) in [5.41, 5.74) is 9.18. The zero-order valence-electron chi connectivity index (χ0n) is 18.9. The number of amides is 2. The first-order valence-electron chi connectivity index (χ1n) is 10.9. The van der Waals surface area contributed by atoms with Crippen LogP contribution in [0.3, 0.4) is 0 Å². The number of carbonyl (C=O) groups is 2. The number of alkyl carbamates (subject to hydrolysis) is 1. The zero-order chi connectivity index (χ0) is 22.6. The Morgan fingerprint density at radius 2 is 1.84 bits per heavy atom. The second-order valence-corrected chi connectivity index (χ2v) is 9.38. The van der Waals surface area contributed by atoms with Crippen LogP contribution in [-0.4, -0.2) is 35.2 Å². The average Bonchev–Trinajstić information content (AvgIpc) is 3.08. The number of rotatable bonds is 6. The van der Waals surface area contributed by atoms with Gasteiger partial charge in [-0.25, -0.2) is 4.79 Å². The zero-order valence-corrected chi connectivity index (χ0v) is 18.9. The molecule has 0 unspecified atom stereocenters. The minimum atomic E-state index is -0.478. The van der Waals surface area contributed by atoms with Gasteiger partial charge in [0.25, 0.3) is 5.91 Å². The summed E-state index contributed by atoms with van der Waals surface area (Å²) in [7, 11) is 0. The van der Waals surface area contributed by atoms with Gasteiger partial charge in [-0.2, -0.15) is 0 Å². The molecule has 1 heterocycles. The Balaban J connectivity index is 1.55. The van der Waals surface area contributed by atoms with Crippen molar-refractivity contribution in [2.45, 2.75) is 65.0 Å². The summed E-state index contributed by atoms with van der Waals surface area (Å²) >= 11 is 0. The van der Waals surface area contributed by atoms with Crippen molar-refractivity contribution >= 4 is 17.7 Å². The Hall–Kier alpha value is -2.96. The SMILES string of the molecule is Cc1[nH]c(-c2ccccc2NC[C@H]2CC[C@@H](NC(=O)OC(C)(C)C)CC2)cc1C(N)=O. The van der Waals surface area contributed by atoms with E-state index in [4.69, 9.17) is 10.5 Å². The van der Waals surface area contributed by atoms with Crippen LogP contribution in [0.25, 0.3) is 11.3 Å². The molecular weight excluding hydrogens is 392 g/mol. The van der Waals surface area contributed by atoms with Crippen molar-refractivity contribution in [2.75, 3.05) is 11.9 Å². The summed E-state index contributed by atoms with van der Waals surface area (Å²) in [6.45, 7) is 8.32. The van der Waals surface area contributed by atoms with E-state index in [9.17, 15) is 9.59 Å². The van der Waals surface area contributed by atoms with Crippen molar-refractivity contribution in [1.29, 1.82) is 0 Å². The van der Waals surface area contributed by atoms with Gasteiger partial charge in [0, 0.05) is 35.2 Å². The molecule has 31 heavy (non-hydrogen) atoms. The van der Waals surface area contributed by atoms with Crippen LogP contribution in [0.15, 0.2) is 30.3 Å². The molecule has 1 aromatic heterocycles. The molecule has 7 nitrogen and oxygen atoms in total. The maximum Gasteiger partial charge on any atom is 0.407 e. The quantitative estimate of drug-likeness (QED) is 0.542. The van der Waals surface area contributed by atoms with Crippen molar-refractivity contribution in [1.82, 2.24) is 10.3 Å². The summed E-state index contributed by atoms with van der Waals surface area (Å²) < 4.78 is 5.36. The van der Waals surface area contributed by atoms with Gasteiger partial charge in [-0.15, -0.1) is 0 Å². The van der Waals surface area contributed by atoms with E-state index < -0.39 is 11.5 Å². The third kappa shape index (κ3) is 6.26. The van der Waals surface area contributed by atoms with Gasteiger partial charge >= 0.3 is 6.09 Å². The molecule has 0 bridgehead atoms. The second kappa shape index (κ2) is 9.45. The van der Waals surface area contributed by atoms with E-state index in [1.807, 2.05) is 58.0 Å². The van der Waals surface area contributed by atoms with Gasteiger partial charge in [0.2, 0.25) is 0 Å². The standard InChI is InChI=1S/C24H34N4O3/c1-15-19(22(25)29)13-21(27-15)18-7-5-6-8-20(18)26-14-16-9-11-17(12-10-16)28-23(30)31-24(2,3)4/h5-8,13,16-17,26-27H,9-12,14H2,1-4H3,(H2,25,29)(H,28,30)/t16-,17+. The fourth-order valence-electron chi connectivity index (χ4n) is 4.07. The molecule has 0 saturated heterocycles. The molecule has 1 aliphatic rings. The normalized spacial score (nSPS) is 19.0. The van der Waals surface area contributed by atoms with E-state index in [0.29, 0.717) is 11.5 Å². The van der Waals surface area contributed by atoms with E-state index in [1.54, 1.807) is 0 Å². The van der Waals surface area contributed by atoms with Crippen molar-refractivity contribution < 1.29 is 14.3 Å². The number of hydrogen-bond donors (Lipinski definition) is 4. The molecule has 1 saturated carbocycles. The summed E-state index contributed by atoms with van der Waals surface area (Å²) in [4.78, 5) is 26.8. The van der Waals surface area contributed by atoms with E-state index in [2.05, 4.69) is 15.6 Å². The lowest BCUT2D eigenvalue weighted by Crippen LogP contribution is -2.41. The first kappa shape index (κ1) is 22.7. The largest absolute Gasteiger partial charge is 0.444 e. The number of H-pyrrole nitrogens is 1. The fraction of sp³-hybridized carbons (Fsp3) is 0.500. The number of aryl methyl sites for hydroxylation is 1. The van der Waals surface area contributed by atoms with Crippen LogP contribution >= 0.6 is 0 Å². The summed E-state index contributed by atoms with van der Waals surface area (Å²) in [6.07, 6.45) is 3.65. The minimum Gasteiger partial charge on any atom is -0.444 e. The number of nitrogens with two attached hydrogens (primary N) is 1. The highest BCUT2D eigenvalue weighted by Gasteiger charge is 2.25. The monoisotopic (exact) mass is 426 g/mol. The molecule has 0 spiro atoms. The van der Waals surface area contributed by atoms with Gasteiger partial charge in [-0.1, -0.05) is 18.2 Å². The third-order valence-electron chi connectivity index (χ3n) is 5.65. The Morgan fingerprint density at radius 3 is 2.45 bits per heavy atom. The Morgan fingerprint density at radius 1 is 1.16 bits per heavy atom. The molecule has 7 heteroatoms. The van der Waals surface area contributed by atoms with Gasteiger partial charge < -0.3 is 26.1 Å². The van der Waals surface area contributed by atoms with Crippen LogP contribution in [-0.2, 0) is 4.74 Å². The van der Waals surface area contributed by atoms with Crippen LogP contribution in [0.1, 0.15) is 62.5 Å². The molecule has 2 aromatic rings. The smallest absolute Gasteiger partial charge is 0.407 e. The molecule has 0 atom stereocenters. The fourth-order valence-corrected chi connectivity index (χ4v) is 4.07. The van der Waals surface area contributed by atoms with Crippen LogP contribution in [0.4, 0.5) is 10.5 Å². The van der Waals surface area contributed by atoms with Crippen LogP contribution < -0.4 is 16.4 Å². The molecule has 168 valence electrons. The number of hydrogen-bond acceptors (Lipinski definition) is 4. The average molecular weight is 427 g/mol. The van der Waals surface area contributed by atoms with Gasteiger partial charge in [0.1, 0.15) is 5.60 Å². The maximum atomic E-state index is 12.0. The number of nitrogens with one attached hydrogen (secondary N) is 3. The molecule has 0 radical (unpaired) electrons. The lowest BCUT2D eigenvalue weighted by molar-refractivity contribution is 0.0488. The third-order valence-corrected chi connectivity index (χ3v) is 5.65.